The summed E-state index contributed by atoms with van der Waals surface area (Å²) in [6.45, 7) is 0. The third kappa shape index (κ3) is 2.15. The van der Waals surface area contributed by atoms with Crippen molar-refractivity contribution in [3.63, 3.8) is 0 Å². The molecule has 3 rings (SSSR count). The van der Waals surface area contributed by atoms with Gasteiger partial charge in [0.2, 0.25) is 0 Å². The molecule has 0 saturated heterocycles. The van der Waals surface area contributed by atoms with Crippen LogP contribution in [-0.2, 0) is 0 Å². The monoisotopic (exact) mass is 252 g/mol. The lowest BCUT2D eigenvalue weighted by Crippen LogP contribution is -2.11. The molecule has 1 heterocycles. The number of nitrogens with two attached hydrogens (primary N) is 1. The molecule has 0 aliphatic heterocycles. The van der Waals surface area contributed by atoms with E-state index in [2.05, 4.69) is 5.32 Å². The zero-order chi connectivity index (χ0) is 13.2. The molecule has 0 fully saturated rings. The lowest BCUT2D eigenvalue weighted by Gasteiger charge is -2.03. The molecular formula is C15H12N2O2. The first kappa shape index (κ1) is 11.3. The van der Waals surface area contributed by atoms with Crippen molar-refractivity contribution in [2.45, 2.75) is 0 Å². The largest absolute Gasteiger partial charge is 0.462 e. The molecule has 1 amide bonds. The lowest BCUT2D eigenvalue weighted by molar-refractivity contribution is 0.102. The fraction of sp³-hybridized carbons (Fsp3) is 0. The van der Waals surface area contributed by atoms with Gasteiger partial charge in [0, 0.05) is 16.6 Å². The zero-order valence-electron chi connectivity index (χ0n) is 10.1. The van der Waals surface area contributed by atoms with Crippen LogP contribution in [0.15, 0.2) is 59.2 Å². The number of amides is 1. The Morgan fingerprint density at radius 1 is 1.11 bits per heavy atom. The first-order chi connectivity index (χ1) is 9.24. The molecule has 1 aromatic heterocycles. The number of rotatable bonds is 2. The number of anilines is 2. The second-order valence-electron chi connectivity index (χ2n) is 4.23. The van der Waals surface area contributed by atoms with Gasteiger partial charge < -0.3 is 15.5 Å². The molecule has 0 spiro atoms. The van der Waals surface area contributed by atoms with E-state index in [9.17, 15) is 4.79 Å². The molecule has 0 saturated carbocycles. The summed E-state index contributed by atoms with van der Waals surface area (Å²) in [5.41, 5.74) is 8.14. The van der Waals surface area contributed by atoms with Crippen LogP contribution < -0.4 is 11.1 Å². The highest BCUT2D eigenvalue weighted by atomic mass is 16.3. The Morgan fingerprint density at radius 2 is 1.95 bits per heavy atom. The molecule has 19 heavy (non-hydrogen) atoms. The van der Waals surface area contributed by atoms with Crippen LogP contribution in [0.1, 0.15) is 10.4 Å². The smallest absolute Gasteiger partial charge is 0.255 e. The molecule has 4 heteroatoms. The predicted molar refractivity (Wildman–Crippen MR) is 75.0 cm³/mol. The maximum absolute atomic E-state index is 12.1. The molecule has 0 atom stereocenters. The number of carbonyl (C=O) groups is 1. The number of nitrogens with one attached hydrogen (secondary N) is 1. The van der Waals surface area contributed by atoms with E-state index in [1.165, 1.54) is 6.26 Å². The van der Waals surface area contributed by atoms with Gasteiger partial charge >= 0.3 is 0 Å². The van der Waals surface area contributed by atoms with Crippen LogP contribution in [0.5, 0.6) is 0 Å². The molecular weight excluding hydrogens is 240 g/mol. The van der Waals surface area contributed by atoms with E-state index in [4.69, 9.17) is 10.2 Å². The normalized spacial score (nSPS) is 10.5. The molecule has 0 bridgehead atoms. The molecule has 0 radical (unpaired) electrons. The minimum atomic E-state index is -0.209. The van der Waals surface area contributed by atoms with E-state index in [1.54, 1.807) is 24.3 Å². The maximum Gasteiger partial charge on any atom is 0.255 e. The SMILES string of the molecule is Nc1cccc(C(=O)Nc2coc3ccccc23)c1. The number of hydrogen-bond acceptors (Lipinski definition) is 3. The van der Waals surface area contributed by atoms with Gasteiger partial charge in [0.1, 0.15) is 11.8 Å². The summed E-state index contributed by atoms with van der Waals surface area (Å²) in [6, 6.07) is 14.4. The van der Waals surface area contributed by atoms with Crippen LogP contribution in [0.4, 0.5) is 11.4 Å². The summed E-state index contributed by atoms with van der Waals surface area (Å²) >= 11 is 0. The molecule has 0 unspecified atom stereocenters. The van der Waals surface area contributed by atoms with Gasteiger partial charge in [-0.25, -0.2) is 0 Å². The third-order valence-corrected chi connectivity index (χ3v) is 2.88. The second kappa shape index (κ2) is 4.49. The quantitative estimate of drug-likeness (QED) is 0.688. The summed E-state index contributed by atoms with van der Waals surface area (Å²) in [5.74, 6) is -0.209. The van der Waals surface area contributed by atoms with Gasteiger partial charge in [-0.05, 0) is 30.3 Å². The van der Waals surface area contributed by atoms with Crippen LogP contribution in [-0.4, -0.2) is 5.91 Å². The Morgan fingerprint density at radius 3 is 2.79 bits per heavy atom. The van der Waals surface area contributed by atoms with E-state index in [1.807, 2.05) is 24.3 Å². The molecule has 3 aromatic rings. The molecule has 3 N–H and O–H groups in total. The predicted octanol–water partition coefficient (Wildman–Crippen LogP) is 3.27. The van der Waals surface area contributed by atoms with Gasteiger partial charge in [-0.2, -0.15) is 0 Å². The molecule has 0 aliphatic carbocycles. The van der Waals surface area contributed by atoms with E-state index in [0.29, 0.717) is 16.9 Å². The van der Waals surface area contributed by atoms with Crippen molar-refractivity contribution in [3.05, 3.63) is 60.4 Å². The van der Waals surface area contributed by atoms with Crippen molar-refractivity contribution in [1.29, 1.82) is 0 Å². The van der Waals surface area contributed by atoms with Crippen molar-refractivity contribution >= 4 is 28.3 Å². The molecule has 4 nitrogen and oxygen atoms in total. The fourth-order valence-corrected chi connectivity index (χ4v) is 1.95. The fourth-order valence-electron chi connectivity index (χ4n) is 1.95. The molecule has 94 valence electrons. The van der Waals surface area contributed by atoms with Gasteiger partial charge in [-0.1, -0.05) is 18.2 Å². The third-order valence-electron chi connectivity index (χ3n) is 2.88. The van der Waals surface area contributed by atoms with Crippen LogP contribution in [0.3, 0.4) is 0 Å². The first-order valence-corrected chi connectivity index (χ1v) is 5.87. The Labute approximate surface area is 109 Å². The Balaban J connectivity index is 1.91. The molecule has 0 aliphatic rings. The summed E-state index contributed by atoms with van der Waals surface area (Å²) in [6.07, 6.45) is 1.54. The maximum atomic E-state index is 12.1. The number of fused-ring (bicyclic) bond motifs is 1. The van der Waals surface area contributed by atoms with Crippen LogP contribution in [0.25, 0.3) is 11.0 Å². The number of nitrogen functional groups attached to an aromatic ring is 1. The van der Waals surface area contributed by atoms with Gasteiger partial charge in [-0.15, -0.1) is 0 Å². The standard InChI is InChI=1S/C15H12N2O2/c16-11-5-3-4-10(8-11)15(18)17-13-9-19-14-7-2-1-6-12(13)14/h1-9H,16H2,(H,17,18). The number of carbonyl (C=O) groups excluding carboxylic acids is 1. The Bertz CT molecular complexity index is 746. The number of hydrogen-bond donors (Lipinski definition) is 2. The minimum absolute atomic E-state index is 0.209. The van der Waals surface area contributed by atoms with Crippen LogP contribution in [0, 0.1) is 0 Å². The number of benzene rings is 2. The average Bonchev–Trinajstić information content (AvgIpc) is 2.82. The van der Waals surface area contributed by atoms with Crippen molar-refractivity contribution in [3.8, 4) is 0 Å². The zero-order valence-corrected chi connectivity index (χ0v) is 10.1. The van der Waals surface area contributed by atoms with Gasteiger partial charge in [0.05, 0.1) is 5.69 Å². The van der Waals surface area contributed by atoms with Crippen molar-refractivity contribution in [2.75, 3.05) is 11.1 Å². The topological polar surface area (TPSA) is 68.3 Å². The van der Waals surface area contributed by atoms with E-state index in [0.717, 1.165) is 11.0 Å². The number of furan rings is 1. The first-order valence-electron chi connectivity index (χ1n) is 5.87. The lowest BCUT2D eigenvalue weighted by atomic mass is 10.2. The van der Waals surface area contributed by atoms with Crippen molar-refractivity contribution in [1.82, 2.24) is 0 Å². The highest BCUT2D eigenvalue weighted by Gasteiger charge is 2.10. The van der Waals surface area contributed by atoms with E-state index >= 15 is 0 Å². The van der Waals surface area contributed by atoms with Crippen molar-refractivity contribution < 1.29 is 9.21 Å². The summed E-state index contributed by atoms with van der Waals surface area (Å²) in [4.78, 5) is 12.1. The van der Waals surface area contributed by atoms with E-state index < -0.39 is 0 Å². The minimum Gasteiger partial charge on any atom is -0.462 e. The highest BCUT2D eigenvalue weighted by Crippen LogP contribution is 2.25. The van der Waals surface area contributed by atoms with Gasteiger partial charge in [0.15, 0.2) is 0 Å². The van der Waals surface area contributed by atoms with Gasteiger partial charge in [-0.3, -0.25) is 4.79 Å². The van der Waals surface area contributed by atoms with Gasteiger partial charge in [0.25, 0.3) is 5.91 Å². The van der Waals surface area contributed by atoms with E-state index in [-0.39, 0.29) is 5.91 Å². The van der Waals surface area contributed by atoms with Crippen molar-refractivity contribution in [2.24, 2.45) is 0 Å². The summed E-state index contributed by atoms with van der Waals surface area (Å²) in [5, 5.41) is 3.69. The summed E-state index contributed by atoms with van der Waals surface area (Å²) in [7, 11) is 0. The number of para-hydroxylation sites is 1. The molecule has 2 aromatic carbocycles. The van der Waals surface area contributed by atoms with Crippen LogP contribution in [0.2, 0.25) is 0 Å². The van der Waals surface area contributed by atoms with Crippen LogP contribution >= 0.6 is 0 Å². The average molecular weight is 252 g/mol. The second-order valence-corrected chi connectivity index (χ2v) is 4.23. The highest BCUT2D eigenvalue weighted by molar-refractivity contribution is 6.08. The Hall–Kier alpha value is -2.75. The summed E-state index contributed by atoms with van der Waals surface area (Å²) < 4.78 is 5.37. The Kier molecular flexibility index (Phi) is 2.68.